The summed E-state index contributed by atoms with van der Waals surface area (Å²) in [5.41, 5.74) is 2.03. The fourth-order valence-corrected chi connectivity index (χ4v) is 1.86. The van der Waals surface area contributed by atoms with Crippen molar-refractivity contribution in [1.29, 1.82) is 0 Å². The fourth-order valence-electron chi connectivity index (χ4n) is 1.66. The van der Waals surface area contributed by atoms with Gasteiger partial charge in [0.15, 0.2) is 10.6 Å². The van der Waals surface area contributed by atoms with Crippen LogP contribution in [-0.2, 0) is 16.1 Å². The SMILES string of the molecule is COC(=O)Cn1c(-c2cccc(C)c2)n[nH]c1=S. The molecule has 5 nitrogen and oxygen atoms in total. The Hall–Kier alpha value is -1.95. The van der Waals surface area contributed by atoms with E-state index < -0.39 is 0 Å². The van der Waals surface area contributed by atoms with Gasteiger partial charge in [0.25, 0.3) is 0 Å². The van der Waals surface area contributed by atoms with Gasteiger partial charge in [0.1, 0.15) is 6.54 Å². The quantitative estimate of drug-likeness (QED) is 0.680. The predicted molar refractivity (Wildman–Crippen MR) is 69.6 cm³/mol. The molecule has 0 aliphatic carbocycles. The summed E-state index contributed by atoms with van der Waals surface area (Å²) in [4.78, 5) is 11.4. The second-order valence-electron chi connectivity index (χ2n) is 3.88. The van der Waals surface area contributed by atoms with Crippen LogP contribution >= 0.6 is 12.2 Å². The topological polar surface area (TPSA) is 59.9 Å². The average molecular weight is 263 g/mol. The van der Waals surface area contributed by atoms with Crippen LogP contribution < -0.4 is 0 Å². The molecule has 2 rings (SSSR count). The van der Waals surface area contributed by atoms with Gasteiger partial charge in [-0.25, -0.2) is 0 Å². The normalized spacial score (nSPS) is 10.3. The lowest BCUT2D eigenvalue weighted by atomic mass is 10.1. The number of aromatic nitrogens is 3. The Balaban J connectivity index is 2.46. The molecule has 0 radical (unpaired) electrons. The monoisotopic (exact) mass is 263 g/mol. The average Bonchev–Trinajstić information content (AvgIpc) is 2.71. The van der Waals surface area contributed by atoms with E-state index in [1.807, 2.05) is 31.2 Å². The van der Waals surface area contributed by atoms with Crippen LogP contribution in [0.15, 0.2) is 24.3 Å². The first-order valence-electron chi connectivity index (χ1n) is 5.41. The van der Waals surface area contributed by atoms with Crippen molar-refractivity contribution in [2.24, 2.45) is 0 Å². The largest absolute Gasteiger partial charge is 0.468 e. The van der Waals surface area contributed by atoms with Crippen molar-refractivity contribution in [3.63, 3.8) is 0 Å². The van der Waals surface area contributed by atoms with Crippen LogP contribution in [0, 0.1) is 11.7 Å². The van der Waals surface area contributed by atoms with Crippen LogP contribution in [0.3, 0.4) is 0 Å². The van der Waals surface area contributed by atoms with E-state index in [2.05, 4.69) is 14.9 Å². The van der Waals surface area contributed by atoms with Gasteiger partial charge in [-0.05, 0) is 25.2 Å². The van der Waals surface area contributed by atoms with Gasteiger partial charge in [0.2, 0.25) is 0 Å². The Morgan fingerprint density at radius 1 is 1.56 bits per heavy atom. The Morgan fingerprint density at radius 3 is 3.00 bits per heavy atom. The molecule has 0 saturated carbocycles. The standard InChI is InChI=1S/C12H13N3O2S/c1-8-4-3-5-9(6-8)11-13-14-12(18)15(11)7-10(16)17-2/h3-6H,7H2,1-2H3,(H,14,18). The van der Waals surface area contributed by atoms with E-state index in [-0.39, 0.29) is 12.5 Å². The second-order valence-corrected chi connectivity index (χ2v) is 4.27. The number of aromatic amines is 1. The van der Waals surface area contributed by atoms with E-state index >= 15 is 0 Å². The van der Waals surface area contributed by atoms with Crippen LogP contribution in [0.25, 0.3) is 11.4 Å². The summed E-state index contributed by atoms with van der Waals surface area (Å²) in [5.74, 6) is 0.274. The molecule has 0 amide bonds. The molecule has 0 fully saturated rings. The van der Waals surface area contributed by atoms with Gasteiger partial charge in [-0.3, -0.25) is 14.5 Å². The van der Waals surface area contributed by atoms with Gasteiger partial charge in [-0.15, -0.1) is 0 Å². The van der Waals surface area contributed by atoms with Crippen molar-refractivity contribution in [2.75, 3.05) is 7.11 Å². The third-order valence-electron chi connectivity index (χ3n) is 2.55. The fraction of sp³-hybridized carbons (Fsp3) is 0.250. The molecule has 1 aromatic heterocycles. The van der Waals surface area contributed by atoms with Crippen LogP contribution in [0.2, 0.25) is 0 Å². The smallest absolute Gasteiger partial charge is 0.325 e. The summed E-state index contributed by atoms with van der Waals surface area (Å²) in [6, 6.07) is 7.84. The molecule has 94 valence electrons. The van der Waals surface area contributed by atoms with Gasteiger partial charge in [-0.1, -0.05) is 23.8 Å². The molecule has 18 heavy (non-hydrogen) atoms. The Kier molecular flexibility index (Phi) is 3.57. The number of ether oxygens (including phenoxy) is 1. The number of aryl methyl sites for hydroxylation is 1. The number of benzene rings is 1. The van der Waals surface area contributed by atoms with Crippen molar-refractivity contribution in [3.05, 3.63) is 34.6 Å². The molecule has 0 bridgehead atoms. The summed E-state index contributed by atoms with van der Waals surface area (Å²) in [6.45, 7) is 2.05. The number of carbonyl (C=O) groups is 1. The molecule has 2 aromatic rings. The maximum atomic E-state index is 11.4. The van der Waals surface area contributed by atoms with E-state index in [0.29, 0.717) is 10.6 Å². The lowest BCUT2D eigenvalue weighted by Crippen LogP contribution is -2.12. The zero-order valence-electron chi connectivity index (χ0n) is 10.1. The molecule has 0 aliphatic heterocycles. The van der Waals surface area contributed by atoms with Crippen molar-refractivity contribution in [3.8, 4) is 11.4 Å². The number of nitrogens with zero attached hydrogens (tertiary/aromatic N) is 2. The van der Waals surface area contributed by atoms with Crippen LogP contribution in [0.4, 0.5) is 0 Å². The molecule has 0 atom stereocenters. The molecular weight excluding hydrogens is 250 g/mol. The first-order chi connectivity index (χ1) is 8.61. The molecule has 0 saturated heterocycles. The van der Waals surface area contributed by atoms with Crippen molar-refractivity contribution in [1.82, 2.24) is 14.8 Å². The van der Waals surface area contributed by atoms with Gasteiger partial charge in [-0.2, -0.15) is 5.10 Å². The minimum absolute atomic E-state index is 0.0507. The number of carbonyl (C=O) groups excluding carboxylic acids is 1. The van der Waals surface area contributed by atoms with E-state index in [1.54, 1.807) is 4.57 Å². The molecule has 0 aliphatic rings. The Morgan fingerprint density at radius 2 is 2.33 bits per heavy atom. The van der Waals surface area contributed by atoms with Crippen molar-refractivity contribution in [2.45, 2.75) is 13.5 Å². The Labute approximate surface area is 109 Å². The first kappa shape index (κ1) is 12.5. The number of nitrogens with one attached hydrogen (secondary N) is 1. The molecule has 1 N–H and O–H groups in total. The highest BCUT2D eigenvalue weighted by atomic mass is 32.1. The Bertz CT molecular complexity index is 630. The maximum Gasteiger partial charge on any atom is 0.325 e. The molecule has 1 aromatic carbocycles. The predicted octanol–water partition coefficient (Wildman–Crippen LogP) is 2.09. The zero-order chi connectivity index (χ0) is 13.1. The zero-order valence-corrected chi connectivity index (χ0v) is 11.0. The molecule has 1 heterocycles. The molecule has 0 unspecified atom stereocenters. The summed E-state index contributed by atoms with van der Waals surface area (Å²) in [7, 11) is 1.35. The minimum Gasteiger partial charge on any atom is -0.468 e. The number of esters is 1. The number of rotatable bonds is 3. The molecule has 6 heteroatoms. The van der Waals surface area contributed by atoms with Crippen LogP contribution in [-0.4, -0.2) is 27.8 Å². The van der Waals surface area contributed by atoms with Crippen LogP contribution in [0.1, 0.15) is 5.56 Å². The second kappa shape index (κ2) is 5.14. The highest BCUT2D eigenvalue weighted by molar-refractivity contribution is 7.71. The molecule has 0 spiro atoms. The first-order valence-corrected chi connectivity index (χ1v) is 5.81. The summed E-state index contributed by atoms with van der Waals surface area (Å²) < 4.78 is 6.67. The lowest BCUT2D eigenvalue weighted by molar-refractivity contribution is -0.141. The number of hydrogen-bond donors (Lipinski definition) is 1. The van der Waals surface area contributed by atoms with Gasteiger partial charge < -0.3 is 4.74 Å². The van der Waals surface area contributed by atoms with E-state index in [0.717, 1.165) is 11.1 Å². The van der Waals surface area contributed by atoms with Gasteiger partial charge in [0, 0.05) is 5.56 Å². The third kappa shape index (κ3) is 2.48. The number of hydrogen-bond acceptors (Lipinski definition) is 4. The van der Waals surface area contributed by atoms with Crippen molar-refractivity contribution >= 4 is 18.2 Å². The van der Waals surface area contributed by atoms with Crippen molar-refractivity contribution < 1.29 is 9.53 Å². The minimum atomic E-state index is -0.360. The maximum absolute atomic E-state index is 11.4. The highest BCUT2D eigenvalue weighted by Crippen LogP contribution is 2.18. The van der Waals surface area contributed by atoms with E-state index in [1.165, 1.54) is 7.11 Å². The summed E-state index contributed by atoms with van der Waals surface area (Å²) in [6.07, 6.45) is 0. The summed E-state index contributed by atoms with van der Waals surface area (Å²) in [5, 5.41) is 6.85. The number of methoxy groups -OCH3 is 1. The van der Waals surface area contributed by atoms with Gasteiger partial charge in [0.05, 0.1) is 7.11 Å². The third-order valence-corrected chi connectivity index (χ3v) is 2.86. The van der Waals surface area contributed by atoms with E-state index in [4.69, 9.17) is 12.2 Å². The number of H-pyrrole nitrogens is 1. The van der Waals surface area contributed by atoms with Crippen LogP contribution in [0.5, 0.6) is 0 Å². The van der Waals surface area contributed by atoms with Gasteiger partial charge >= 0.3 is 5.97 Å². The highest BCUT2D eigenvalue weighted by Gasteiger charge is 2.12. The lowest BCUT2D eigenvalue weighted by Gasteiger charge is -2.05. The molecular formula is C12H13N3O2S. The van der Waals surface area contributed by atoms with E-state index in [9.17, 15) is 4.79 Å². The summed E-state index contributed by atoms with van der Waals surface area (Å²) >= 11 is 5.11.